The molecule has 0 atom stereocenters. The molecular formula is C17H16Cl2N2O3S. The van der Waals surface area contributed by atoms with Crippen molar-refractivity contribution in [2.75, 3.05) is 17.7 Å². The molecule has 0 aliphatic rings. The van der Waals surface area contributed by atoms with Crippen LogP contribution < -0.4 is 5.32 Å². The summed E-state index contributed by atoms with van der Waals surface area (Å²) in [4.78, 5) is 27.3. The highest BCUT2D eigenvalue weighted by Crippen LogP contribution is 2.22. The van der Waals surface area contributed by atoms with Gasteiger partial charge in [0.2, 0.25) is 0 Å². The second-order valence-corrected chi connectivity index (χ2v) is 7.00. The molecule has 1 amide bonds. The van der Waals surface area contributed by atoms with Crippen LogP contribution in [0.25, 0.3) is 0 Å². The number of hydrogen-bond donors (Lipinski definition) is 1. The number of carbonyl (C=O) groups is 2. The van der Waals surface area contributed by atoms with E-state index < -0.39 is 18.5 Å². The molecule has 0 saturated carbocycles. The van der Waals surface area contributed by atoms with Crippen molar-refractivity contribution in [2.45, 2.75) is 12.7 Å². The summed E-state index contributed by atoms with van der Waals surface area (Å²) in [6.45, 7) is 1.62. The fourth-order valence-electron chi connectivity index (χ4n) is 1.80. The van der Waals surface area contributed by atoms with Gasteiger partial charge in [0.1, 0.15) is 0 Å². The lowest BCUT2D eigenvalue weighted by Gasteiger charge is -2.07. The van der Waals surface area contributed by atoms with E-state index in [1.54, 1.807) is 0 Å². The normalized spacial score (nSPS) is 10.4. The summed E-state index contributed by atoms with van der Waals surface area (Å²) in [6, 6.07) is 9.54. The molecule has 1 N–H and O–H groups in total. The van der Waals surface area contributed by atoms with Crippen molar-refractivity contribution in [2.24, 2.45) is 0 Å². The van der Waals surface area contributed by atoms with Gasteiger partial charge in [-0.2, -0.15) is 0 Å². The molecule has 2 rings (SSSR count). The Labute approximate surface area is 160 Å². The highest BCUT2D eigenvalue weighted by atomic mass is 35.5. The smallest absolute Gasteiger partial charge is 0.316 e. The average Bonchev–Trinajstić information content (AvgIpc) is 2.57. The Hall–Kier alpha value is -1.76. The number of amides is 1. The van der Waals surface area contributed by atoms with Crippen LogP contribution in [0.15, 0.2) is 36.5 Å². The summed E-state index contributed by atoms with van der Waals surface area (Å²) < 4.78 is 4.93. The van der Waals surface area contributed by atoms with Crippen LogP contribution in [0.4, 0.5) is 5.82 Å². The van der Waals surface area contributed by atoms with E-state index in [-0.39, 0.29) is 16.6 Å². The minimum atomic E-state index is -0.520. The van der Waals surface area contributed by atoms with Gasteiger partial charge in [-0.15, -0.1) is 11.8 Å². The molecule has 0 aliphatic heterocycles. The van der Waals surface area contributed by atoms with Gasteiger partial charge in [0, 0.05) is 11.9 Å². The highest BCUT2D eigenvalue weighted by molar-refractivity contribution is 7.99. The third-order valence-corrected chi connectivity index (χ3v) is 4.51. The number of esters is 1. The van der Waals surface area contributed by atoms with E-state index in [0.717, 1.165) is 5.56 Å². The van der Waals surface area contributed by atoms with Gasteiger partial charge in [0.05, 0.1) is 15.8 Å². The van der Waals surface area contributed by atoms with Crippen LogP contribution in [0.1, 0.15) is 11.1 Å². The number of aromatic nitrogens is 1. The molecule has 1 heterocycles. The van der Waals surface area contributed by atoms with E-state index in [2.05, 4.69) is 10.3 Å². The SMILES string of the molecule is Cc1ccc(CSCC(=O)OCC(=O)Nc2ncc(Cl)cc2Cl)cc1. The molecule has 0 aliphatic carbocycles. The minimum absolute atomic E-state index is 0.167. The van der Waals surface area contributed by atoms with Gasteiger partial charge in [-0.1, -0.05) is 53.0 Å². The van der Waals surface area contributed by atoms with Gasteiger partial charge in [-0.05, 0) is 18.6 Å². The Morgan fingerprint density at radius 2 is 1.96 bits per heavy atom. The number of hydrogen-bond acceptors (Lipinski definition) is 5. The Morgan fingerprint density at radius 3 is 2.64 bits per heavy atom. The molecule has 5 nitrogen and oxygen atoms in total. The maximum Gasteiger partial charge on any atom is 0.316 e. The monoisotopic (exact) mass is 398 g/mol. The van der Waals surface area contributed by atoms with Crippen LogP contribution in [-0.2, 0) is 20.1 Å². The third-order valence-electron chi connectivity index (χ3n) is 3.04. The van der Waals surface area contributed by atoms with Crippen molar-refractivity contribution < 1.29 is 14.3 Å². The van der Waals surface area contributed by atoms with Crippen molar-refractivity contribution in [3.63, 3.8) is 0 Å². The average molecular weight is 399 g/mol. The predicted octanol–water partition coefficient (Wildman–Crippen LogP) is 4.11. The van der Waals surface area contributed by atoms with E-state index in [0.29, 0.717) is 10.8 Å². The number of nitrogens with one attached hydrogen (secondary N) is 1. The first-order valence-corrected chi connectivity index (χ1v) is 9.25. The summed E-state index contributed by atoms with van der Waals surface area (Å²) in [7, 11) is 0. The second-order valence-electron chi connectivity index (χ2n) is 5.17. The van der Waals surface area contributed by atoms with E-state index in [1.807, 2.05) is 31.2 Å². The number of carbonyl (C=O) groups excluding carboxylic acids is 2. The minimum Gasteiger partial charge on any atom is -0.455 e. The van der Waals surface area contributed by atoms with Crippen LogP contribution in [0, 0.1) is 6.92 Å². The molecule has 1 aromatic carbocycles. The molecule has 1 aromatic heterocycles. The van der Waals surface area contributed by atoms with Crippen LogP contribution in [-0.4, -0.2) is 29.2 Å². The summed E-state index contributed by atoms with van der Waals surface area (Å²) in [5.74, 6) is 0.0596. The lowest BCUT2D eigenvalue weighted by molar-refractivity contribution is -0.144. The lowest BCUT2D eigenvalue weighted by Crippen LogP contribution is -2.22. The van der Waals surface area contributed by atoms with Crippen LogP contribution >= 0.6 is 35.0 Å². The molecule has 132 valence electrons. The Bertz CT molecular complexity index is 754. The quantitative estimate of drug-likeness (QED) is 0.710. The number of thioether (sulfide) groups is 1. The largest absolute Gasteiger partial charge is 0.455 e. The van der Waals surface area contributed by atoms with Gasteiger partial charge in [0.25, 0.3) is 5.91 Å². The summed E-state index contributed by atoms with van der Waals surface area (Å²) in [5, 5.41) is 3.03. The number of pyridine rings is 1. The van der Waals surface area contributed by atoms with Gasteiger partial charge < -0.3 is 10.1 Å². The summed E-state index contributed by atoms with van der Waals surface area (Å²) in [5.41, 5.74) is 2.32. The zero-order valence-electron chi connectivity index (χ0n) is 13.4. The molecular weight excluding hydrogens is 383 g/mol. The van der Waals surface area contributed by atoms with Gasteiger partial charge in [0.15, 0.2) is 12.4 Å². The topological polar surface area (TPSA) is 68.3 Å². The van der Waals surface area contributed by atoms with Gasteiger partial charge in [-0.3, -0.25) is 9.59 Å². The zero-order valence-corrected chi connectivity index (χ0v) is 15.7. The molecule has 0 saturated heterocycles. The number of anilines is 1. The molecule has 25 heavy (non-hydrogen) atoms. The first-order valence-electron chi connectivity index (χ1n) is 7.34. The van der Waals surface area contributed by atoms with Crippen LogP contribution in [0.5, 0.6) is 0 Å². The van der Waals surface area contributed by atoms with Crippen LogP contribution in [0.3, 0.4) is 0 Å². The summed E-state index contributed by atoms with van der Waals surface area (Å²) in [6.07, 6.45) is 1.36. The van der Waals surface area contributed by atoms with Crippen molar-refractivity contribution in [1.82, 2.24) is 4.98 Å². The van der Waals surface area contributed by atoms with Crippen molar-refractivity contribution in [1.29, 1.82) is 0 Å². The molecule has 8 heteroatoms. The van der Waals surface area contributed by atoms with Crippen molar-refractivity contribution in [3.8, 4) is 0 Å². The number of halogens is 2. The molecule has 0 spiro atoms. The standard InChI is InChI=1S/C17H16Cl2N2O3S/c1-11-2-4-12(5-3-11)9-25-10-16(23)24-8-15(22)21-17-14(19)6-13(18)7-20-17/h2-7H,8-10H2,1H3,(H,20,21,22). The lowest BCUT2D eigenvalue weighted by atomic mass is 10.2. The Balaban J connectivity index is 1.68. The van der Waals surface area contributed by atoms with E-state index in [9.17, 15) is 9.59 Å². The maximum atomic E-state index is 11.8. The first kappa shape index (κ1) is 19.6. The molecule has 0 fully saturated rings. The third kappa shape index (κ3) is 6.94. The fraction of sp³-hybridized carbons (Fsp3) is 0.235. The zero-order chi connectivity index (χ0) is 18.2. The van der Waals surface area contributed by atoms with Crippen LogP contribution in [0.2, 0.25) is 10.0 Å². The first-order chi connectivity index (χ1) is 11.9. The van der Waals surface area contributed by atoms with Crippen molar-refractivity contribution >= 4 is 52.7 Å². The molecule has 0 unspecified atom stereocenters. The second kappa shape index (κ2) is 9.65. The van der Waals surface area contributed by atoms with Gasteiger partial charge >= 0.3 is 5.97 Å². The number of aryl methyl sites for hydroxylation is 1. The van der Waals surface area contributed by atoms with E-state index in [4.69, 9.17) is 27.9 Å². The van der Waals surface area contributed by atoms with E-state index in [1.165, 1.54) is 29.6 Å². The summed E-state index contributed by atoms with van der Waals surface area (Å²) >= 11 is 13.1. The number of rotatable bonds is 7. The Morgan fingerprint density at radius 1 is 1.24 bits per heavy atom. The fourth-order valence-corrected chi connectivity index (χ4v) is 3.01. The number of benzene rings is 1. The maximum absolute atomic E-state index is 11.8. The van der Waals surface area contributed by atoms with E-state index >= 15 is 0 Å². The van der Waals surface area contributed by atoms with Crippen molar-refractivity contribution in [3.05, 3.63) is 57.7 Å². The molecule has 2 aromatic rings. The predicted molar refractivity (Wildman–Crippen MR) is 101 cm³/mol. The number of nitrogens with zero attached hydrogens (tertiary/aromatic N) is 1. The molecule has 0 radical (unpaired) electrons. The molecule has 0 bridgehead atoms. The highest BCUT2D eigenvalue weighted by Gasteiger charge is 2.11. The number of ether oxygens (including phenoxy) is 1. The Kier molecular flexibility index (Phi) is 7.55. The van der Waals surface area contributed by atoms with Gasteiger partial charge in [-0.25, -0.2) is 4.98 Å².